The molecule has 1 N–H and O–H groups in total. The Bertz CT molecular complexity index is 1080. The van der Waals surface area contributed by atoms with Crippen LogP contribution in [0.1, 0.15) is 52.5 Å². The first-order chi connectivity index (χ1) is 13.9. The Morgan fingerprint density at radius 1 is 1.24 bits per heavy atom. The van der Waals surface area contributed by atoms with Crippen LogP contribution in [-0.4, -0.2) is 31.7 Å². The van der Waals surface area contributed by atoms with Crippen molar-refractivity contribution in [3.8, 4) is 6.07 Å². The largest absolute Gasteiger partial charge is 0.312 e. The summed E-state index contributed by atoms with van der Waals surface area (Å²) in [6.45, 7) is 3.13. The SMILES string of the molecule is CC1CCCN(S(=O)(=O)c2ccc(C(=O)Nc3sc4c(c3C#N)CCC4)cc2)C1. The molecule has 1 fully saturated rings. The first-order valence-corrected chi connectivity index (χ1v) is 12.1. The van der Waals surface area contributed by atoms with Crippen molar-refractivity contribution in [3.05, 3.63) is 45.8 Å². The number of hydrogen-bond donors (Lipinski definition) is 1. The van der Waals surface area contributed by atoms with Crippen molar-refractivity contribution >= 4 is 32.3 Å². The lowest BCUT2D eigenvalue weighted by molar-refractivity contribution is 0.102. The summed E-state index contributed by atoms with van der Waals surface area (Å²) < 4.78 is 27.2. The molecule has 152 valence electrons. The highest BCUT2D eigenvalue weighted by Crippen LogP contribution is 2.38. The summed E-state index contributed by atoms with van der Waals surface area (Å²) in [5, 5.41) is 12.9. The fourth-order valence-corrected chi connectivity index (χ4v) is 6.91. The average Bonchev–Trinajstić information content (AvgIpc) is 3.28. The second kappa shape index (κ2) is 7.90. The number of nitrogens with one attached hydrogen (secondary N) is 1. The van der Waals surface area contributed by atoms with Gasteiger partial charge in [-0.25, -0.2) is 8.42 Å². The van der Waals surface area contributed by atoms with E-state index in [1.807, 2.05) is 0 Å². The number of fused-ring (bicyclic) bond motifs is 1. The Morgan fingerprint density at radius 3 is 2.69 bits per heavy atom. The van der Waals surface area contributed by atoms with Gasteiger partial charge in [0.15, 0.2) is 0 Å². The van der Waals surface area contributed by atoms with Crippen LogP contribution in [0.15, 0.2) is 29.2 Å². The molecule has 1 unspecified atom stereocenters. The summed E-state index contributed by atoms with van der Waals surface area (Å²) in [4.78, 5) is 14.0. The zero-order valence-corrected chi connectivity index (χ0v) is 17.9. The Balaban J connectivity index is 1.51. The number of amides is 1. The van der Waals surface area contributed by atoms with Crippen molar-refractivity contribution in [3.63, 3.8) is 0 Å². The highest BCUT2D eigenvalue weighted by molar-refractivity contribution is 7.89. The minimum absolute atomic E-state index is 0.205. The van der Waals surface area contributed by atoms with Gasteiger partial charge in [-0.15, -0.1) is 11.3 Å². The maximum atomic E-state index is 12.9. The molecule has 1 saturated heterocycles. The van der Waals surface area contributed by atoms with Crippen LogP contribution in [0.25, 0.3) is 0 Å². The second-order valence-electron chi connectivity index (χ2n) is 7.76. The summed E-state index contributed by atoms with van der Waals surface area (Å²) in [7, 11) is -3.54. The number of anilines is 1. The van der Waals surface area contributed by atoms with Crippen molar-refractivity contribution in [2.24, 2.45) is 5.92 Å². The predicted octanol–water partition coefficient (Wildman–Crippen LogP) is 3.78. The van der Waals surface area contributed by atoms with Crippen LogP contribution in [0.5, 0.6) is 0 Å². The maximum absolute atomic E-state index is 12.9. The molecule has 1 aromatic heterocycles. The van der Waals surface area contributed by atoms with Gasteiger partial charge in [-0.3, -0.25) is 4.79 Å². The fraction of sp³-hybridized carbons (Fsp3) is 0.429. The molecule has 2 heterocycles. The summed E-state index contributed by atoms with van der Waals surface area (Å²) in [5.41, 5.74) is 1.99. The van der Waals surface area contributed by atoms with E-state index >= 15 is 0 Å². The van der Waals surface area contributed by atoms with Crippen LogP contribution >= 0.6 is 11.3 Å². The molecule has 8 heteroatoms. The fourth-order valence-electron chi connectivity index (χ4n) is 4.08. The molecule has 0 saturated carbocycles. The van der Waals surface area contributed by atoms with E-state index in [0.29, 0.717) is 35.1 Å². The van der Waals surface area contributed by atoms with Crippen molar-refractivity contribution in [1.29, 1.82) is 5.26 Å². The Kier molecular flexibility index (Phi) is 5.47. The topological polar surface area (TPSA) is 90.3 Å². The smallest absolute Gasteiger partial charge is 0.256 e. The second-order valence-corrected chi connectivity index (χ2v) is 10.8. The summed E-state index contributed by atoms with van der Waals surface area (Å²) >= 11 is 1.47. The number of hydrogen-bond acceptors (Lipinski definition) is 5. The molecular formula is C21H23N3O3S2. The van der Waals surface area contributed by atoms with Crippen LogP contribution in [0.3, 0.4) is 0 Å². The maximum Gasteiger partial charge on any atom is 0.256 e. The first kappa shape index (κ1) is 20.1. The molecule has 0 radical (unpaired) electrons. The van der Waals surface area contributed by atoms with Gasteiger partial charge in [0.1, 0.15) is 11.1 Å². The van der Waals surface area contributed by atoms with Crippen LogP contribution in [0.2, 0.25) is 0 Å². The van der Waals surface area contributed by atoms with Crippen molar-refractivity contribution < 1.29 is 13.2 Å². The van der Waals surface area contributed by atoms with Gasteiger partial charge in [-0.2, -0.15) is 9.57 Å². The van der Waals surface area contributed by atoms with Gasteiger partial charge in [0.2, 0.25) is 10.0 Å². The summed E-state index contributed by atoms with van der Waals surface area (Å²) in [6.07, 6.45) is 4.79. The van der Waals surface area contributed by atoms with E-state index in [-0.39, 0.29) is 10.8 Å². The van der Waals surface area contributed by atoms with E-state index < -0.39 is 10.0 Å². The normalized spacial score (nSPS) is 19.5. The van der Waals surface area contributed by atoms with E-state index in [4.69, 9.17) is 0 Å². The monoisotopic (exact) mass is 429 g/mol. The molecule has 1 aliphatic heterocycles. The molecule has 0 spiro atoms. The van der Waals surface area contributed by atoms with Crippen LogP contribution < -0.4 is 5.32 Å². The van der Waals surface area contributed by atoms with Crippen molar-refractivity contribution in [2.75, 3.05) is 18.4 Å². The number of carbonyl (C=O) groups excluding carboxylic acids is 1. The summed E-state index contributed by atoms with van der Waals surface area (Å²) in [5.74, 6) is 0.0160. The number of nitriles is 1. The molecule has 29 heavy (non-hydrogen) atoms. The lowest BCUT2D eigenvalue weighted by Gasteiger charge is -2.30. The number of carbonyl (C=O) groups is 1. The highest BCUT2D eigenvalue weighted by atomic mass is 32.2. The lowest BCUT2D eigenvalue weighted by atomic mass is 10.0. The molecule has 1 amide bonds. The Morgan fingerprint density at radius 2 is 2.00 bits per heavy atom. The van der Waals surface area contributed by atoms with Gasteiger partial charge in [0, 0.05) is 23.5 Å². The molecule has 2 aromatic rings. The number of aryl methyl sites for hydroxylation is 1. The van der Waals surface area contributed by atoms with Crippen LogP contribution in [0, 0.1) is 17.2 Å². The number of rotatable bonds is 4. The molecule has 0 bridgehead atoms. The molecule has 6 nitrogen and oxygen atoms in total. The molecule has 2 aliphatic rings. The number of piperidine rings is 1. The lowest BCUT2D eigenvalue weighted by Crippen LogP contribution is -2.39. The molecule has 1 aromatic carbocycles. The standard InChI is InChI=1S/C21H23N3O3S2/c1-14-4-3-11-24(13-14)29(26,27)16-9-7-15(8-10-16)20(25)23-21-18(12-22)17-5-2-6-19(17)28-21/h7-10,14H,2-6,11,13H2,1H3,(H,23,25). The predicted molar refractivity (Wildman–Crippen MR) is 113 cm³/mol. The van der Waals surface area contributed by atoms with Gasteiger partial charge in [-0.1, -0.05) is 6.92 Å². The number of thiophene rings is 1. The highest BCUT2D eigenvalue weighted by Gasteiger charge is 2.29. The minimum Gasteiger partial charge on any atom is -0.312 e. The van der Waals surface area contributed by atoms with Gasteiger partial charge in [0.05, 0.1) is 10.5 Å². The Hall–Kier alpha value is -2.21. The van der Waals surface area contributed by atoms with Gasteiger partial charge in [-0.05, 0) is 67.9 Å². The van der Waals surface area contributed by atoms with Crippen LogP contribution in [0.4, 0.5) is 5.00 Å². The van der Waals surface area contributed by atoms with E-state index in [0.717, 1.165) is 37.7 Å². The third-order valence-corrected chi connectivity index (χ3v) is 8.72. The van der Waals surface area contributed by atoms with E-state index in [2.05, 4.69) is 18.3 Å². The van der Waals surface area contributed by atoms with E-state index in [1.165, 1.54) is 44.8 Å². The average molecular weight is 430 g/mol. The third-order valence-electron chi connectivity index (χ3n) is 5.63. The van der Waals surface area contributed by atoms with Gasteiger partial charge in [0.25, 0.3) is 5.91 Å². The first-order valence-electron chi connectivity index (χ1n) is 9.86. The van der Waals surface area contributed by atoms with Gasteiger partial charge >= 0.3 is 0 Å². The zero-order valence-electron chi connectivity index (χ0n) is 16.3. The van der Waals surface area contributed by atoms with Crippen LogP contribution in [-0.2, 0) is 22.9 Å². The number of benzene rings is 1. The quantitative estimate of drug-likeness (QED) is 0.801. The van der Waals surface area contributed by atoms with E-state index in [1.54, 1.807) is 0 Å². The third kappa shape index (κ3) is 3.82. The molecule has 1 atom stereocenters. The zero-order chi connectivity index (χ0) is 20.6. The minimum atomic E-state index is -3.54. The summed E-state index contributed by atoms with van der Waals surface area (Å²) in [6, 6.07) is 8.25. The van der Waals surface area contributed by atoms with E-state index in [9.17, 15) is 18.5 Å². The number of sulfonamides is 1. The van der Waals surface area contributed by atoms with Crippen molar-refractivity contribution in [2.45, 2.75) is 43.9 Å². The molecular weight excluding hydrogens is 406 g/mol. The van der Waals surface area contributed by atoms with Crippen molar-refractivity contribution in [1.82, 2.24) is 4.31 Å². The Labute approximate surface area is 175 Å². The molecule has 1 aliphatic carbocycles. The molecule has 4 rings (SSSR count). The number of nitrogens with zero attached hydrogens (tertiary/aromatic N) is 2. The van der Waals surface area contributed by atoms with Gasteiger partial charge < -0.3 is 5.32 Å².